The fourth-order valence-corrected chi connectivity index (χ4v) is 3.16. The maximum absolute atomic E-state index is 12.0. The standard InChI is InChI=1S/C18H11Cl3N2OS/c19-13-5-1-11(2-6-13)3-8-17(24)23-18-22-16(10-25-18)12-4-7-14(20)15(21)9-12/h1-10H,(H,22,23,24). The molecule has 0 aliphatic carbocycles. The number of benzene rings is 2. The van der Waals surface area contributed by atoms with Gasteiger partial charge in [-0.1, -0.05) is 53.0 Å². The molecule has 0 atom stereocenters. The van der Waals surface area contributed by atoms with Crippen molar-refractivity contribution >= 4 is 63.3 Å². The highest BCUT2D eigenvalue weighted by Crippen LogP contribution is 2.30. The Morgan fingerprint density at radius 3 is 2.52 bits per heavy atom. The molecule has 3 aromatic rings. The van der Waals surface area contributed by atoms with Crippen molar-refractivity contribution in [3.8, 4) is 11.3 Å². The fraction of sp³-hybridized carbons (Fsp3) is 0. The molecule has 0 aliphatic rings. The van der Waals surface area contributed by atoms with Crippen LogP contribution in [0.3, 0.4) is 0 Å². The van der Waals surface area contributed by atoms with Gasteiger partial charge in [0.1, 0.15) is 0 Å². The molecular formula is C18H11Cl3N2OS. The van der Waals surface area contributed by atoms with Crippen LogP contribution in [0.2, 0.25) is 15.1 Å². The summed E-state index contributed by atoms with van der Waals surface area (Å²) < 4.78 is 0. The monoisotopic (exact) mass is 408 g/mol. The number of rotatable bonds is 4. The van der Waals surface area contributed by atoms with Crippen LogP contribution in [0.25, 0.3) is 17.3 Å². The Balaban J connectivity index is 1.67. The molecule has 0 fully saturated rings. The van der Waals surface area contributed by atoms with E-state index in [1.807, 2.05) is 23.6 Å². The number of carbonyl (C=O) groups excluding carboxylic acids is 1. The summed E-state index contributed by atoms with van der Waals surface area (Å²) >= 11 is 19.1. The molecule has 3 rings (SSSR count). The Morgan fingerprint density at radius 2 is 1.80 bits per heavy atom. The number of nitrogens with one attached hydrogen (secondary N) is 1. The number of hydrogen-bond acceptors (Lipinski definition) is 3. The van der Waals surface area contributed by atoms with Gasteiger partial charge in [0.15, 0.2) is 5.13 Å². The molecule has 0 aliphatic heterocycles. The fourth-order valence-electron chi connectivity index (χ4n) is 2.01. The molecule has 2 aromatic carbocycles. The number of anilines is 1. The van der Waals surface area contributed by atoms with E-state index in [4.69, 9.17) is 34.8 Å². The van der Waals surface area contributed by atoms with Crippen LogP contribution < -0.4 is 5.32 Å². The van der Waals surface area contributed by atoms with Crippen LogP contribution in [-0.2, 0) is 4.79 Å². The quantitative estimate of drug-likeness (QED) is 0.505. The molecule has 3 nitrogen and oxygen atoms in total. The first-order chi connectivity index (χ1) is 12.0. The molecule has 0 saturated carbocycles. The second kappa shape index (κ2) is 8.02. The van der Waals surface area contributed by atoms with E-state index in [1.165, 1.54) is 17.4 Å². The van der Waals surface area contributed by atoms with E-state index in [0.29, 0.717) is 20.2 Å². The number of carbonyl (C=O) groups is 1. The number of hydrogen-bond donors (Lipinski definition) is 1. The van der Waals surface area contributed by atoms with Crippen LogP contribution in [0.15, 0.2) is 53.9 Å². The lowest BCUT2D eigenvalue weighted by atomic mass is 10.2. The van der Waals surface area contributed by atoms with Crippen molar-refractivity contribution in [3.63, 3.8) is 0 Å². The van der Waals surface area contributed by atoms with Crippen LogP contribution in [0, 0.1) is 0 Å². The van der Waals surface area contributed by atoms with Gasteiger partial charge in [0.2, 0.25) is 5.91 Å². The molecule has 25 heavy (non-hydrogen) atoms. The first-order valence-electron chi connectivity index (χ1n) is 7.17. The van der Waals surface area contributed by atoms with E-state index >= 15 is 0 Å². The molecule has 1 N–H and O–H groups in total. The molecule has 1 heterocycles. The van der Waals surface area contributed by atoms with Crippen molar-refractivity contribution in [1.29, 1.82) is 0 Å². The van der Waals surface area contributed by atoms with Crippen molar-refractivity contribution < 1.29 is 4.79 Å². The third kappa shape index (κ3) is 4.83. The molecule has 0 bridgehead atoms. The summed E-state index contributed by atoms with van der Waals surface area (Å²) in [5.41, 5.74) is 2.44. The van der Waals surface area contributed by atoms with E-state index in [0.717, 1.165) is 16.8 Å². The lowest BCUT2D eigenvalue weighted by Gasteiger charge is -2.00. The Morgan fingerprint density at radius 1 is 1.04 bits per heavy atom. The average molecular weight is 410 g/mol. The predicted molar refractivity (Wildman–Crippen MR) is 107 cm³/mol. The first kappa shape index (κ1) is 18.0. The minimum absolute atomic E-state index is 0.259. The summed E-state index contributed by atoms with van der Waals surface area (Å²) in [6.45, 7) is 0. The third-order valence-electron chi connectivity index (χ3n) is 3.25. The van der Waals surface area contributed by atoms with Crippen LogP contribution in [0.1, 0.15) is 5.56 Å². The second-order valence-corrected chi connectivity index (χ2v) is 7.15. The number of amides is 1. The summed E-state index contributed by atoms with van der Waals surface area (Å²) in [5.74, 6) is -0.259. The van der Waals surface area contributed by atoms with Gasteiger partial charge in [-0.3, -0.25) is 10.1 Å². The SMILES string of the molecule is O=C(C=Cc1ccc(Cl)cc1)Nc1nc(-c2ccc(Cl)c(Cl)c2)cs1. The lowest BCUT2D eigenvalue weighted by molar-refractivity contribution is -0.111. The zero-order valence-electron chi connectivity index (χ0n) is 12.7. The average Bonchev–Trinajstić information content (AvgIpc) is 3.05. The highest BCUT2D eigenvalue weighted by molar-refractivity contribution is 7.14. The largest absolute Gasteiger partial charge is 0.298 e. The number of aromatic nitrogens is 1. The van der Waals surface area contributed by atoms with Gasteiger partial charge in [-0.25, -0.2) is 4.98 Å². The Bertz CT molecular complexity index is 936. The summed E-state index contributed by atoms with van der Waals surface area (Å²) in [6, 6.07) is 12.5. The maximum Gasteiger partial charge on any atom is 0.250 e. The normalized spacial score (nSPS) is 11.0. The molecule has 0 spiro atoms. The number of nitrogens with zero attached hydrogens (tertiary/aromatic N) is 1. The van der Waals surface area contributed by atoms with Gasteiger partial charge in [0, 0.05) is 22.0 Å². The van der Waals surface area contributed by atoms with Gasteiger partial charge >= 0.3 is 0 Å². The van der Waals surface area contributed by atoms with Crippen molar-refractivity contribution in [3.05, 3.63) is 74.6 Å². The molecule has 0 unspecified atom stereocenters. The molecule has 7 heteroatoms. The molecular weight excluding hydrogens is 399 g/mol. The molecule has 0 saturated heterocycles. The second-order valence-electron chi connectivity index (χ2n) is 5.04. The van der Waals surface area contributed by atoms with Crippen LogP contribution >= 0.6 is 46.1 Å². The van der Waals surface area contributed by atoms with Crippen LogP contribution in [0.5, 0.6) is 0 Å². The van der Waals surface area contributed by atoms with E-state index < -0.39 is 0 Å². The van der Waals surface area contributed by atoms with Gasteiger partial charge in [-0.15, -0.1) is 11.3 Å². The minimum Gasteiger partial charge on any atom is -0.298 e. The van der Waals surface area contributed by atoms with Crippen molar-refractivity contribution in [1.82, 2.24) is 4.98 Å². The summed E-state index contributed by atoms with van der Waals surface area (Å²) in [7, 11) is 0. The Labute approximate surface area is 163 Å². The van der Waals surface area contributed by atoms with Gasteiger partial charge in [-0.05, 0) is 35.9 Å². The summed E-state index contributed by atoms with van der Waals surface area (Å²) in [4.78, 5) is 16.4. The van der Waals surface area contributed by atoms with E-state index in [9.17, 15) is 4.79 Å². The van der Waals surface area contributed by atoms with E-state index in [-0.39, 0.29) is 5.91 Å². The topological polar surface area (TPSA) is 42.0 Å². The highest BCUT2D eigenvalue weighted by Gasteiger charge is 2.08. The third-order valence-corrected chi connectivity index (χ3v) is 5.00. The Hall–Kier alpha value is -1.85. The lowest BCUT2D eigenvalue weighted by Crippen LogP contribution is -2.07. The number of halogens is 3. The van der Waals surface area contributed by atoms with E-state index in [2.05, 4.69) is 10.3 Å². The molecule has 1 amide bonds. The van der Waals surface area contributed by atoms with Crippen molar-refractivity contribution in [2.75, 3.05) is 5.32 Å². The molecule has 1 aromatic heterocycles. The Kier molecular flexibility index (Phi) is 5.76. The zero-order chi connectivity index (χ0) is 17.8. The van der Waals surface area contributed by atoms with Gasteiger partial charge < -0.3 is 0 Å². The molecule has 0 radical (unpaired) electrons. The van der Waals surface area contributed by atoms with Crippen molar-refractivity contribution in [2.24, 2.45) is 0 Å². The van der Waals surface area contributed by atoms with Crippen molar-refractivity contribution in [2.45, 2.75) is 0 Å². The van der Waals surface area contributed by atoms with E-state index in [1.54, 1.807) is 30.3 Å². The maximum atomic E-state index is 12.0. The van der Waals surface area contributed by atoms with Gasteiger partial charge in [0.05, 0.1) is 15.7 Å². The summed E-state index contributed by atoms with van der Waals surface area (Å²) in [6.07, 6.45) is 3.16. The van der Waals surface area contributed by atoms with Crippen LogP contribution in [-0.4, -0.2) is 10.9 Å². The predicted octanol–water partition coefficient (Wildman–Crippen LogP) is 6.42. The van der Waals surface area contributed by atoms with Gasteiger partial charge in [-0.2, -0.15) is 0 Å². The minimum atomic E-state index is -0.259. The molecule has 126 valence electrons. The first-order valence-corrected chi connectivity index (χ1v) is 9.18. The van der Waals surface area contributed by atoms with Gasteiger partial charge in [0.25, 0.3) is 0 Å². The number of thiazole rings is 1. The smallest absolute Gasteiger partial charge is 0.250 e. The highest BCUT2D eigenvalue weighted by atomic mass is 35.5. The zero-order valence-corrected chi connectivity index (χ0v) is 15.8. The van der Waals surface area contributed by atoms with Crippen LogP contribution in [0.4, 0.5) is 5.13 Å². The summed E-state index contributed by atoms with van der Waals surface area (Å²) in [5, 5.41) is 6.69.